The smallest absolute Gasteiger partial charge is 0.333 e. The summed E-state index contributed by atoms with van der Waals surface area (Å²) in [6, 6.07) is 0. The summed E-state index contributed by atoms with van der Waals surface area (Å²) in [5.41, 5.74) is 0. The summed E-state index contributed by atoms with van der Waals surface area (Å²) in [6.07, 6.45) is 0.115. The lowest BCUT2D eigenvalue weighted by Gasteiger charge is -2.12. The van der Waals surface area contributed by atoms with Crippen LogP contribution in [0, 0.1) is 0 Å². The fourth-order valence-corrected chi connectivity index (χ4v) is 1.05. The Hall–Kier alpha value is -1.48. The molecule has 0 bridgehead atoms. The molecule has 0 aromatic heterocycles. The highest BCUT2D eigenvalue weighted by molar-refractivity contribution is 5.91. The second kappa shape index (κ2) is 11.4. The maximum atomic E-state index is 11.3. The van der Waals surface area contributed by atoms with E-state index >= 15 is 0 Å². The molecule has 0 aromatic rings. The second-order valence-electron chi connectivity index (χ2n) is 3.53. The van der Waals surface area contributed by atoms with Gasteiger partial charge in [0.05, 0.1) is 26.4 Å². The normalized spacial score (nSPS) is 14.0. The number of carbonyl (C=O) groups is 2. The third-order valence-corrected chi connectivity index (χ3v) is 1.81. The van der Waals surface area contributed by atoms with Gasteiger partial charge in [-0.05, 0) is 13.8 Å². The second-order valence-corrected chi connectivity index (χ2v) is 3.53. The van der Waals surface area contributed by atoms with Crippen molar-refractivity contribution in [3.8, 4) is 0 Å². The molecule has 2 N–H and O–H groups in total. The van der Waals surface area contributed by atoms with E-state index in [1.54, 1.807) is 0 Å². The highest BCUT2D eigenvalue weighted by Gasteiger charge is 2.09. The number of carbonyl (C=O) groups excluding carboxylic acids is 2. The Balaban J connectivity index is 3.96. The van der Waals surface area contributed by atoms with Crippen LogP contribution >= 0.6 is 0 Å². The topological polar surface area (TPSA) is 112 Å². The molecule has 0 heterocycles. The van der Waals surface area contributed by atoms with Crippen molar-refractivity contribution < 1.29 is 38.7 Å². The molecule has 0 aliphatic heterocycles. The first kappa shape index (κ1) is 18.5. The van der Waals surface area contributed by atoms with Crippen molar-refractivity contribution in [2.75, 3.05) is 26.4 Å². The van der Waals surface area contributed by atoms with E-state index in [0.717, 1.165) is 12.2 Å². The summed E-state index contributed by atoms with van der Waals surface area (Å²) < 4.78 is 19.3. The fourth-order valence-electron chi connectivity index (χ4n) is 1.05. The predicted octanol–water partition coefficient (Wildman–Crippen LogP) is -0.661. The van der Waals surface area contributed by atoms with Crippen LogP contribution in [0.1, 0.15) is 13.8 Å². The zero-order valence-corrected chi connectivity index (χ0v) is 11.5. The molecule has 0 aliphatic carbocycles. The van der Waals surface area contributed by atoms with E-state index in [9.17, 15) is 9.59 Å². The van der Waals surface area contributed by atoms with Gasteiger partial charge in [0.2, 0.25) is 12.6 Å². The zero-order chi connectivity index (χ0) is 15.4. The zero-order valence-electron chi connectivity index (χ0n) is 11.5. The average Bonchev–Trinajstić information content (AvgIpc) is 2.40. The molecular weight excluding hydrogens is 272 g/mol. The number of rotatable bonds is 10. The van der Waals surface area contributed by atoms with Crippen molar-refractivity contribution in [2.45, 2.75) is 26.4 Å². The molecule has 0 amide bonds. The van der Waals surface area contributed by atoms with Crippen molar-refractivity contribution in [1.29, 1.82) is 0 Å². The summed E-state index contributed by atoms with van der Waals surface area (Å²) >= 11 is 0. The maximum Gasteiger partial charge on any atom is 0.333 e. The third-order valence-electron chi connectivity index (χ3n) is 1.81. The minimum Gasteiger partial charge on any atom is -0.433 e. The first-order chi connectivity index (χ1) is 9.49. The van der Waals surface area contributed by atoms with E-state index in [-0.39, 0.29) is 26.4 Å². The van der Waals surface area contributed by atoms with E-state index in [2.05, 4.69) is 0 Å². The lowest BCUT2D eigenvalue weighted by atomic mass is 10.5. The van der Waals surface area contributed by atoms with Crippen LogP contribution in [-0.4, -0.2) is 61.2 Å². The minimum absolute atomic E-state index is 0.0416. The maximum absolute atomic E-state index is 11.3. The van der Waals surface area contributed by atoms with Crippen LogP contribution in [0.4, 0.5) is 0 Å². The van der Waals surface area contributed by atoms with Gasteiger partial charge in [-0.15, -0.1) is 0 Å². The standard InChI is InChI=1S/C12H20O8/c1-9(17-7-5-13)19-11(15)3-4-12(16)20-10(2)18-8-6-14/h3-4,9-10,13-14H,5-8H2,1-2H3/b4-3+. The molecule has 0 radical (unpaired) electrons. The highest BCUT2D eigenvalue weighted by Crippen LogP contribution is 1.97. The van der Waals surface area contributed by atoms with Gasteiger partial charge in [-0.3, -0.25) is 0 Å². The lowest BCUT2D eigenvalue weighted by molar-refractivity contribution is -0.173. The van der Waals surface area contributed by atoms with Crippen molar-refractivity contribution in [2.24, 2.45) is 0 Å². The predicted molar refractivity (Wildman–Crippen MR) is 66.3 cm³/mol. The fraction of sp³-hybridized carbons (Fsp3) is 0.667. The lowest BCUT2D eigenvalue weighted by Crippen LogP contribution is -2.20. The number of ether oxygens (including phenoxy) is 4. The molecule has 8 heteroatoms. The average molecular weight is 292 g/mol. The molecular formula is C12H20O8. The molecule has 0 spiro atoms. The Bertz CT molecular complexity index is 285. The van der Waals surface area contributed by atoms with Gasteiger partial charge in [-0.2, -0.15) is 0 Å². The van der Waals surface area contributed by atoms with Crippen LogP contribution in [0.2, 0.25) is 0 Å². The molecule has 2 atom stereocenters. The summed E-state index contributed by atoms with van der Waals surface area (Å²) in [5, 5.41) is 17.0. The molecule has 0 aliphatic rings. The van der Waals surface area contributed by atoms with Gasteiger partial charge in [-0.25, -0.2) is 9.59 Å². The van der Waals surface area contributed by atoms with Gasteiger partial charge in [0, 0.05) is 12.2 Å². The Labute approximate surface area is 116 Å². The number of aliphatic hydroxyl groups excluding tert-OH is 2. The van der Waals surface area contributed by atoms with Crippen LogP contribution in [-0.2, 0) is 28.5 Å². The molecule has 0 aromatic carbocycles. The van der Waals surface area contributed by atoms with Gasteiger partial charge in [0.15, 0.2) is 0 Å². The van der Waals surface area contributed by atoms with Crippen molar-refractivity contribution in [1.82, 2.24) is 0 Å². The van der Waals surface area contributed by atoms with Crippen molar-refractivity contribution >= 4 is 11.9 Å². The Kier molecular flexibility index (Phi) is 10.5. The van der Waals surface area contributed by atoms with E-state index in [1.165, 1.54) is 13.8 Å². The Morgan fingerprint density at radius 2 is 1.25 bits per heavy atom. The molecule has 0 rings (SSSR count). The molecule has 116 valence electrons. The van der Waals surface area contributed by atoms with E-state index < -0.39 is 24.5 Å². The molecule has 8 nitrogen and oxygen atoms in total. The number of hydrogen-bond donors (Lipinski definition) is 2. The Morgan fingerprint density at radius 1 is 0.900 bits per heavy atom. The summed E-state index contributed by atoms with van der Waals surface area (Å²) in [6.45, 7) is 2.67. The first-order valence-electron chi connectivity index (χ1n) is 6.03. The van der Waals surface area contributed by atoms with E-state index in [0.29, 0.717) is 0 Å². The Morgan fingerprint density at radius 3 is 1.55 bits per heavy atom. The summed E-state index contributed by atoms with van der Waals surface area (Å²) in [4.78, 5) is 22.5. The molecule has 0 saturated heterocycles. The van der Waals surface area contributed by atoms with Crippen LogP contribution in [0.25, 0.3) is 0 Å². The van der Waals surface area contributed by atoms with Crippen LogP contribution in [0.15, 0.2) is 12.2 Å². The van der Waals surface area contributed by atoms with E-state index in [4.69, 9.17) is 29.2 Å². The monoisotopic (exact) mass is 292 g/mol. The van der Waals surface area contributed by atoms with Crippen molar-refractivity contribution in [3.05, 3.63) is 12.2 Å². The molecule has 20 heavy (non-hydrogen) atoms. The van der Waals surface area contributed by atoms with Gasteiger partial charge in [0.1, 0.15) is 0 Å². The molecule has 0 saturated carbocycles. The number of aliphatic hydroxyl groups is 2. The van der Waals surface area contributed by atoms with Gasteiger partial charge >= 0.3 is 11.9 Å². The van der Waals surface area contributed by atoms with Crippen LogP contribution < -0.4 is 0 Å². The summed E-state index contributed by atoms with van der Waals surface area (Å²) in [7, 11) is 0. The molecule has 0 fully saturated rings. The van der Waals surface area contributed by atoms with Crippen LogP contribution in [0.5, 0.6) is 0 Å². The van der Waals surface area contributed by atoms with Gasteiger partial charge in [-0.1, -0.05) is 0 Å². The van der Waals surface area contributed by atoms with Crippen LogP contribution in [0.3, 0.4) is 0 Å². The number of hydrogen-bond acceptors (Lipinski definition) is 8. The molecule has 2 unspecified atom stereocenters. The third kappa shape index (κ3) is 10.4. The van der Waals surface area contributed by atoms with E-state index in [1.807, 2.05) is 0 Å². The highest BCUT2D eigenvalue weighted by atomic mass is 16.7. The minimum atomic E-state index is -0.831. The van der Waals surface area contributed by atoms with Crippen molar-refractivity contribution in [3.63, 3.8) is 0 Å². The summed E-state index contributed by atoms with van der Waals surface area (Å²) in [5.74, 6) is -1.56. The van der Waals surface area contributed by atoms with Gasteiger partial charge < -0.3 is 29.2 Å². The first-order valence-corrected chi connectivity index (χ1v) is 6.03. The quantitative estimate of drug-likeness (QED) is 0.310. The SMILES string of the molecule is CC(OCCO)OC(=O)/C=C/C(=O)OC(C)OCCO. The van der Waals surface area contributed by atoms with Gasteiger partial charge in [0.25, 0.3) is 0 Å². The number of esters is 2. The largest absolute Gasteiger partial charge is 0.433 e.